The van der Waals surface area contributed by atoms with Gasteiger partial charge in [-0.2, -0.15) is 0 Å². The molecule has 0 unspecified atom stereocenters. The van der Waals surface area contributed by atoms with Crippen molar-refractivity contribution in [3.05, 3.63) is 78.4 Å². The average Bonchev–Trinajstić information content (AvgIpc) is 2.68. The summed E-state index contributed by atoms with van der Waals surface area (Å²) in [5, 5.41) is 6.55. The molecule has 0 aliphatic carbocycles. The lowest BCUT2D eigenvalue weighted by molar-refractivity contribution is 0.332. The summed E-state index contributed by atoms with van der Waals surface area (Å²) >= 11 is 0. The van der Waals surface area contributed by atoms with E-state index in [0.717, 1.165) is 5.82 Å². The van der Waals surface area contributed by atoms with Crippen molar-refractivity contribution in [2.75, 3.05) is 23.8 Å². The van der Waals surface area contributed by atoms with Gasteiger partial charge in [0, 0.05) is 12.1 Å². The monoisotopic (exact) mass is 352 g/mol. The van der Waals surface area contributed by atoms with Gasteiger partial charge in [-0.15, -0.1) is 0 Å². The van der Waals surface area contributed by atoms with E-state index in [4.69, 9.17) is 4.74 Å². The van der Waals surface area contributed by atoms with Crippen molar-refractivity contribution in [2.45, 2.75) is 13.0 Å². The van der Waals surface area contributed by atoms with Gasteiger partial charge in [-0.3, -0.25) is 0 Å². The number of rotatable bonds is 8. The van der Waals surface area contributed by atoms with E-state index >= 15 is 0 Å². The van der Waals surface area contributed by atoms with Crippen LogP contribution in [0.3, 0.4) is 0 Å². The fraction of sp³-hybridized carbons (Fsp3) is 0.200. The Morgan fingerprint density at radius 3 is 2.50 bits per heavy atom. The summed E-state index contributed by atoms with van der Waals surface area (Å²) in [4.78, 5) is 8.47. The number of nitrogens with one attached hydrogen (secondary N) is 2. The maximum Gasteiger partial charge on any atom is 0.131 e. The number of anilines is 2. The van der Waals surface area contributed by atoms with Gasteiger partial charge in [-0.05, 0) is 36.8 Å². The Morgan fingerprint density at radius 2 is 1.73 bits per heavy atom. The molecule has 3 rings (SSSR count). The van der Waals surface area contributed by atoms with Gasteiger partial charge in [0.05, 0.1) is 6.54 Å². The second-order valence-corrected chi connectivity index (χ2v) is 5.79. The predicted octanol–water partition coefficient (Wildman–Crippen LogP) is 4.28. The molecular weight excluding hydrogens is 331 g/mol. The van der Waals surface area contributed by atoms with Gasteiger partial charge in [0.15, 0.2) is 0 Å². The number of aromatic nitrogens is 2. The molecule has 0 radical (unpaired) electrons. The van der Waals surface area contributed by atoms with E-state index in [0.29, 0.717) is 24.7 Å². The molecule has 1 atom stereocenters. The van der Waals surface area contributed by atoms with Crippen LogP contribution in [-0.4, -0.2) is 23.1 Å². The van der Waals surface area contributed by atoms with E-state index in [1.54, 1.807) is 12.1 Å². The van der Waals surface area contributed by atoms with Gasteiger partial charge in [0.25, 0.3) is 0 Å². The van der Waals surface area contributed by atoms with E-state index in [-0.39, 0.29) is 11.9 Å². The summed E-state index contributed by atoms with van der Waals surface area (Å²) in [6.45, 7) is 3.10. The lowest BCUT2D eigenvalue weighted by atomic mass is 10.1. The Labute approximate surface area is 152 Å². The maximum absolute atomic E-state index is 12.8. The van der Waals surface area contributed by atoms with Crippen molar-refractivity contribution in [3.63, 3.8) is 0 Å². The van der Waals surface area contributed by atoms with Crippen LogP contribution in [0, 0.1) is 5.82 Å². The van der Waals surface area contributed by atoms with E-state index in [2.05, 4.69) is 39.7 Å². The molecule has 0 spiro atoms. The zero-order chi connectivity index (χ0) is 18.2. The highest BCUT2D eigenvalue weighted by Crippen LogP contribution is 2.18. The lowest BCUT2D eigenvalue weighted by Crippen LogP contribution is -2.13. The summed E-state index contributed by atoms with van der Waals surface area (Å²) in [6.07, 6.45) is 1.52. The quantitative estimate of drug-likeness (QED) is 0.593. The van der Waals surface area contributed by atoms with Crippen molar-refractivity contribution in [1.82, 2.24) is 9.97 Å². The predicted molar refractivity (Wildman–Crippen MR) is 101 cm³/mol. The van der Waals surface area contributed by atoms with Gasteiger partial charge in [-0.25, -0.2) is 14.4 Å². The van der Waals surface area contributed by atoms with Crippen LogP contribution >= 0.6 is 0 Å². The first-order valence-corrected chi connectivity index (χ1v) is 8.46. The zero-order valence-corrected chi connectivity index (χ0v) is 14.5. The third-order valence-electron chi connectivity index (χ3n) is 3.82. The third kappa shape index (κ3) is 5.17. The number of halogens is 1. The highest BCUT2D eigenvalue weighted by atomic mass is 19.1. The molecule has 2 aromatic carbocycles. The molecule has 2 N–H and O–H groups in total. The van der Waals surface area contributed by atoms with Crippen LogP contribution in [0.25, 0.3) is 0 Å². The molecular formula is C20H21FN4O. The number of nitrogens with zero attached hydrogens (tertiary/aromatic N) is 2. The second kappa shape index (κ2) is 8.80. The Hall–Kier alpha value is -3.15. The molecule has 6 heteroatoms. The van der Waals surface area contributed by atoms with Crippen LogP contribution in [0.2, 0.25) is 0 Å². The minimum Gasteiger partial charge on any atom is -0.492 e. The van der Waals surface area contributed by atoms with Gasteiger partial charge in [0.1, 0.15) is 36.1 Å². The average molecular weight is 352 g/mol. The van der Waals surface area contributed by atoms with Crippen molar-refractivity contribution >= 4 is 11.6 Å². The van der Waals surface area contributed by atoms with Crippen LogP contribution in [0.4, 0.5) is 16.0 Å². The third-order valence-corrected chi connectivity index (χ3v) is 3.82. The first-order valence-electron chi connectivity index (χ1n) is 8.46. The summed E-state index contributed by atoms with van der Waals surface area (Å²) in [5.41, 5.74) is 1.19. The zero-order valence-electron chi connectivity index (χ0n) is 14.5. The molecule has 26 heavy (non-hydrogen) atoms. The summed E-state index contributed by atoms with van der Waals surface area (Å²) in [6, 6.07) is 18.1. The van der Waals surface area contributed by atoms with Crippen LogP contribution in [0.1, 0.15) is 18.5 Å². The fourth-order valence-corrected chi connectivity index (χ4v) is 2.46. The lowest BCUT2D eigenvalue weighted by Gasteiger charge is -2.15. The van der Waals surface area contributed by atoms with E-state index < -0.39 is 0 Å². The summed E-state index contributed by atoms with van der Waals surface area (Å²) in [5.74, 6) is 1.82. The number of ether oxygens (including phenoxy) is 1. The van der Waals surface area contributed by atoms with Gasteiger partial charge in [-0.1, -0.05) is 30.3 Å². The molecule has 134 valence electrons. The van der Waals surface area contributed by atoms with E-state index in [1.807, 2.05) is 24.3 Å². The summed E-state index contributed by atoms with van der Waals surface area (Å²) in [7, 11) is 0. The molecule has 0 fully saturated rings. The largest absolute Gasteiger partial charge is 0.492 e. The highest BCUT2D eigenvalue weighted by molar-refractivity contribution is 5.47. The number of benzene rings is 2. The molecule has 1 aromatic heterocycles. The van der Waals surface area contributed by atoms with Crippen LogP contribution in [0.15, 0.2) is 67.0 Å². The van der Waals surface area contributed by atoms with Crippen molar-refractivity contribution in [1.29, 1.82) is 0 Å². The molecule has 0 saturated carbocycles. The van der Waals surface area contributed by atoms with Gasteiger partial charge < -0.3 is 15.4 Å². The minimum absolute atomic E-state index is 0.140. The Balaban J connectivity index is 1.48. The Morgan fingerprint density at radius 1 is 1.00 bits per heavy atom. The van der Waals surface area contributed by atoms with Crippen LogP contribution in [-0.2, 0) is 0 Å². The second-order valence-electron chi connectivity index (χ2n) is 5.79. The van der Waals surface area contributed by atoms with E-state index in [9.17, 15) is 4.39 Å². The molecule has 0 aliphatic rings. The number of hydrogen-bond acceptors (Lipinski definition) is 5. The summed E-state index contributed by atoms with van der Waals surface area (Å²) < 4.78 is 18.4. The smallest absolute Gasteiger partial charge is 0.131 e. The number of hydrogen-bond donors (Lipinski definition) is 2. The SMILES string of the molecule is C[C@H](Nc1cc(NCCOc2ccc(F)cc2)ncn1)c1ccccc1. The minimum atomic E-state index is -0.277. The molecule has 5 nitrogen and oxygen atoms in total. The Bertz CT molecular complexity index is 812. The van der Waals surface area contributed by atoms with Crippen molar-refractivity contribution in [2.24, 2.45) is 0 Å². The molecule has 3 aromatic rings. The van der Waals surface area contributed by atoms with Crippen LogP contribution < -0.4 is 15.4 Å². The van der Waals surface area contributed by atoms with E-state index in [1.165, 1.54) is 24.0 Å². The molecule has 1 heterocycles. The fourth-order valence-electron chi connectivity index (χ4n) is 2.46. The van der Waals surface area contributed by atoms with Crippen molar-refractivity contribution < 1.29 is 9.13 Å². The molecule has 0 saturated heterocycles. The van der Waals surface area contributed by atoms with Gasteiger partial charge >= 0.3 is 0 Å². The Kier molecular flexibility index (Phi) is 5.98. The molecule has 0 bridgehead atoms. The van der Waals surface area contributed by atoms with Crippen LogP contribution in [0.5, 0.6) is 5.75 Å². The van der Waals surface area contributed by atoms with Gasteiger partial charge in [0.2, 0.25) is 0 Å². The maximum atomic E-state index is 12.8. The first-order chi connectivity index (χ1) is 12.7. The van der Waals surface area contributed by atoms with Crippen molar-refractivity contribution in [3.8, 4) is 5.75 Å². The molecule has 0 aliphatic heterocycles. The normalized spacial score (nSPS) is 11.6. The standard InChI is InChI=1S/C20H21FN4O/c1-15(16-5-3-2-4-6-16)25-20-13-19(23-14-24-20)22-11-12-26-18-9-7-17(21)8-10-18/h2-10,13-15H,11-12H2,1H3,(H2,22,23,24,25)/t15-/m0/s1. The topological polar surface area (TPSA) is 59.1 Å². The highest BCUT2D eigenvalue weighted by Gasteiger charge is 2.06. The molecule has 0 amide bonds. The first kappa shape index (κ1) is 17.7.